The lowest BCUT2D eigenvalue weighted by Gasteiger charge is -2.51. The summed E-state index contributed by atoms with van der Waals surface area (Å²) in [6, 6.07) is -1.36. The lowest BCUT2D eigenvalue weighted by atomic mass is 9.89. The van der Waals surface area contributed by atoms with Gasteiger partial charge in [0.05, 0.1) is 6.04 Å². The van der Waals surface area contributed by atoms with Crippen LogP contribution < -0.4 is 0 Å². The number of aliphatic carboxylic acids is 1. The molecule has 0 saturated carbocycles. The third kappa shape index (κ3) is 1.05. The molecule has 18 heavy (non-hydrogen) atoms. The van der Waals surface area contributed by atoms with Crippen molar-refractivity contribution in [3.05, 3.63) is 11.3 Å². The van der Waals surface area contributed by atoms with Crippen molar-refractivity contribution in [2.45, 2.75) is 25.1 Å². The van der Waals surface area contributed by atoms with Crippen LogP contribution in [0.2, 0.25) is 0 Å². The second-order valence-corrected chi connectivity index (χ2v) is 4.45. The van der Waals surface area contributed by atoms with Crippen LogP contribution >= 0.6 is 0 Å². The molecule has 3 aliphatic rings. The smallest absolute Gasteiger partial charge is 0.409 e. The number of carbonyl (C=O) groups excluding carboxylic acids is 1. The number of hydrogen-bond donors (Lipinski definition) is 2. The highest BCUT2D eigenvalue weighted by Gasteiger charge is 2.64. The average molecular weight is 254 g/mol. The second-order valence-electron chi connectivity index (χ2n) is 4.45. The zero-order valence-corrected chi connectivity index (χ0v) is 9.36. The number of nitrogens with zero attached hydrogens (tertiary/aromatic N) is 2. The summed E-state index contributed by atoms with van der Waals surface area (Å²) in [6.07, 6.45) is -1.76. The molecule has 0 spiro atoms. The van der Waals surface area contributed by atoms with E-state index < -0.39 is 36.2 Å². The molecule has 3 atom stereocenters. The van der Waals surface area contributed by atoms with Crippen LogP contribution in [-0.4, -0.2) is 62.9 Å². The van der Waals surface area contributed by atoms with Crippen molar-refractivity contribution in [1.82, 2.24) is 9.80 Å². The van der Waals surface area contributed by atoms with Crippen LogP contribution in [0.3, 0.4) is 0 Å². The van der Waals surface area contributed by atoms with Crippen LogP contribution in [0.15, 0.2) is 11.3 Å². The Morgan fingerprint density at radius 3 is 2.61 bits per heavy atom. The van der Waals surface area contributed by atoms with Gasteiger partial charge in [0.2, 0.25) is 0 Å². The molecule has 2 fully saturated rings. The fourth-order valence-corrected chi connectivity index (χ4v) is 2.86. The van der Waals surface area contributed by atoms with E-state index in [1.54, 1.807) is 6.92 Å². The summed E-state index contributed by atoms with van der Waals surface area (Å²) < 4.78 is 5.35. The summed E-state index contributed by atoms with van der Waals surface area (Å²) in [5.41, 5.74) is 0.381. The maximum Gasteiger partial charge on any atom is 0.409 e. The summed E-state index contributed by atoms with van der Waals surface area (Å²) in [5.74, 6) is -1.69. The molecule has 2 N–H and O–H groups in total. The summed E-state index contributed by atoms with van der Waals surface area (Å²) in [5, 5.41) is 18.0. The van der Waals surface area contributed by atoms with Gasteiger partial charge in [0, 0.05) is 0 Å². The minimum atomic E-state index is -1.24. The molecule has 96 valence electrons. The molecular weight excluding hydrogens is 244 g/mol. The Labute approximate surface area is 101 Å². The Bertz CT molecular complexity index is 512. The van der Waals surface area contributed by atoms with Gasteiger partial charge in [0.15, 0.2) is 0 Å². The van der Waals surface area contributed by atoms with Crippen molar-refractivity contribution < 1.29 is 29.3 Å². The van der Waals surface area contributed by atoms with E-state index in [4.69, 9.17) is 14.9 Å². The van der Waals surface area contributed by atoms with Gasteiger partial charge in [-0.2, -0.15) is 0 Å². The molecule has 3 heterocycles. The van der Waals surface area contributed by atoms with Crippen LogP contribution in [0.1, 0.15) is 6.92 Å². The molecule has 3 aliphatic heterocycles. The van der Waals surface area contributed by atoms with Gasteiger partial charge in [-0.1, -0.05) is 0 Å². The Morgan fingerprint density at radius 1 is 1.39 bits per heavy atom. The summed E-state index contributed by atoms with van der Waals surface area (Å²) in [4.78, 5) is 36.0. The van der Waals surface area contributed by atoms with Crippen LogP contribution in [-0.2, 0) is 14.3 Å². The van der Waals surface area contributed by atoms with Crippen LogP contribution in [0, 0.1) is 0 Å². The van der Waals surface area contributed by atoms with Gasteiger partial charge in [-0.05, 0) is 12.5 Å². The van der Waals surface area contributed by atoms with Gasteiger partial charge in [0.1, 0.15) is 24.6 Å². The molecule has 2 saturated heterocycles. The largest absolute Gasteiger partial charge is 0.477 e. The highest BCUT2D eigenvalue weighted by molar-refractivity contribution is 6.02. The maximum atomic E-state index is 11.9. The zero-order chi connectivity index (χ0) is 13.2. The summed E-state index contributed by atoms with van der Waals surface area (Å²) in [7, 11) is 0. The molecule has 1 unspecified atom stereocenters. The number of carboxylic acids is 1. The Balaban J connectivity index is 2.00. The number of carbonyl (C=O) groups is 3. The molecule has 0 aromatic rings. The number of amides is 2. The monoisotopic (exact) mass is 254 g/mol. The van der Waals surface area contributed by atoms with Crippen molar-refractivity contribution in [1.29, 1.82) is 0 Å². The van der Waals surface area contributed by atoms with Crippen LogP contribution in [0.25, 0.3) is 0 Å². The van der Waals surface area contributed by atoms with E-state index in [0.717, 1.165) is 9.80 Å². The molecule has 0 aromatic heterocycles. The highest BCUT2D eigenvalue weighted by Crippen LogP contribution is 2.44. The van der Waals surface area contributed by atoms with Gasteiger partial charge in [-0.15, -0.1) is 0 Å². The van der Waals surface area contributed by atoms with Crippen LogP contribution in [0.5, 0.6) is 0 Å². The van der Waals surface area contributed by atoms with Gasteiger partial charge >= 0.3 is 12.1 Å². The highest BCUT2D eigenvalue weighted by atomic mass is 16.5. The SMILES string of the molecule is CC1=C(C(=O)O)N2C(=O)[C@@H]3[C@@H]2C1OCN3C(=O)O. The number of β-lactam (4-membered cyclic amide) rings is 1. The molecule has 8 heteroatoms. The van der Waals surface area contributed by atoms with E-state index in [1.807, 2.05) is 0 Å². The minimum absolute atomic E-state index is 0.0847. The first-order chi connectivity index (χ1) is 8.45. The first kappa shape index (κ1) is 11.0. The minimum Gasteiger partial charge on any atom is -0.477 e. The molecule has 0 radical (unpaired) electrons. The van der Waals surface area contributed by atoms with Crippen molar-refractivity contribution in [2.75, 3.05) is 6.73 Å². The second kappa shape index (κ2) is 3.22. The fourth-order valence-electron chi connectivity index (χ4n) is 2.86. The van der Waals surface area contributed by atoms with Gasteiger partial charge < -0.3 is 14.9 Å². The Hall–Kier alpha value is -2.09. The number of ether oxygens (including phenoxy) is 1. The maximum absolute atomic E-state index is 11.9. The van der Waals surface area contributed by atoms with Gasteiger partial charge in [-0.25, -0.2) is 9.59 Å². The third-order valence-corrected chi connectivity index (χ3v) is 3.64. The van der Waals surface area contributed by atoms with E-state index in [-0.39, 0.29) is 12.4 Å². The van der Waals surface area contributed by atoms with Gasteiger partial charge in [-0.3, -0.25) is 14.6 Å². The molecule has 0 aromatic carbocycles. The normalized spacial score (nSPS) is 33.4. The Morgan fingerprint density at radius 2 is 2.06 bits per heavy atom. The quantitative estimate of drug-likeness (QED) is 0.597. The fraction of sp³-hybridized carbons (Fsp3) is 0.500. The first-order valence-electron chi connectivity index (χ1n) is 5.33. The molecule has 0 bridgehead atoms. The zero-order valence-electron chi connectivity index (χ0n) is 9.36. The number of rotatable bonds is 1. The molecular formula is C10H10N2O6. The van der Waals surface area contributed by atoms with E-state index in [9.17, 15) is 14.4 Å². The van der Waals surface area contributed by atoms with E-state index in [2.05, 4.69) is 0 Å². The molecule has 8 nitrogen and oxygen atoms in total. The predicted molar refractivity (Wildman–Crippen MR) is 54.4 cm³/mol. The Kier molecular flexibility index (Phi) is 1.98. The lowest BCUT2D eigenvalue weighted by Crippen LogP contribution is -2.75. The van der Waals surface area contributed by atoms with E-state index >= 15 is 0 Å². The lowest BCUT2D eigenvalue weighted by molar-refractivity contribution is -0.182. The van der Waals surface area contributed by atoms with Crippen molar-refractivity contribution in [2.24, 2.45) is 0 Å². The summed E-state index contributed by atoms with van der Waals surface area (Å²) >= 11 is 0. The van der Waals surface area contributed by atoms with E-state index in [0.29, 0.717) is 5.57 Å². The topological polar surface area (TPSA) is 107 Å². The van der Waals surface area contributed by atoms with Crippen LogP contribution in [0.4, 0.5) is 4.79 Å². The molecule has 3 rings (SSSR count). The van der Waals surface area contributed by atoms with Crippen molar-refractivity contribution in [3.8, 4) is 0 Å². The first-order valence-corrected chi connectivity index (χ1v) is 5.33. The number of hydrogen-bond acceptors (Lipinski definition) is 4. The molecule has 0 aliphatic carbocycles. The predicted octanol–water partition coefficient (Wildman–Crippen LogP) is -0.726. The molecule has 2 amide bonds. The summed E-state index contributed by atoms with van der Waals surface area (Å²) in [6.45, 7) is 1.37. The standard InChI is InChI=1S/C10H10N2O6/c1-3-4(9(14)15)12-5-6(8(12)13)11(10(16)17)2-18-7(3)5/h5-7H,2H2,1H3,(H,14,15)(H,16,17)/t5-,6+,7?/m1/s1. The van der Waals surface area contributed by atoms with E-state index in [1.165, 1.54) is 0 Å². The van der Waals surface area contributed by atoms with Gasteiger partial charge in [0.25, 0.3) is 5.91 Å². The van der Waals surface area contributed by atoms with Crippen molar-refractivity contribution >= 4 is 18.0 Å². The third-order valence-electron chi connectivity index (χ3n) is 3.64. The van der Waals surface area contributed by atoms with Crippen molar-refractivity contribution in [3.63, 3.8) is 0 Å². The average Bonchev–Trinajstić information content (AvgIpc) is 2.60. The number of carboxylic acid groups (broad SMARTS) is 2.